The normalized spacial score (nSPS) is 19.4. The summed E-state index contributed by atoms with van der Waals surface area (Å²) >= 11 is 0. The number of nitrogens with zero attached hydrogens (tertiary/aromatic N) is 1. The summed E-state index contributed by atoms with van der Waals surface area (Å²) in [6.45, 7) is 0.271. The van der Waals surface area contributed by atoms with Crippen LogP contribution < -0.4 is 0 Å². The molecular weight excluding hydrogens is 186 g/mol. The van der Waals surface area contributed by atoms with Gasteiger partial charge in [-0.05, 0) is 36.5 Å². The van der Waals surface area contributed by atoms with Crippen molar-refractivity contribution in [3.05, 3.63) is 41.6 Å². The number of fused-ring (bicyclic) bond motifs is 2. The van der Waals surface area contributed by atoms with Crippen molar-refractivity contribution in [1.82, 2.24) is 4.98 Å². The molecule has 3 rings (SSSR count). The summed E-state index contributed by atoms with van der Waals surface area (Å²) in [4.78, 5) is 4.64. The summed E-state index contributed by atoms with van der Waals surface area (Å²) in [6, 6.07) is 10.4. The SMILES string of the molecule is OCC1Cc2cc3ccccc3nc2C1. The Labute approximate surface area is 88.6 Å². The van der Waals surface area contributed by atoms with Crippen molar-refractivity contribution in [3.63, 3.8) is 0 Å². The van der Waals surface area contributed by atoms with E-state index < -0.39 is 0 Å². The Morgan fingerprint density at radius 1 is 1.27 bits per heavy atom. The standard InChI is InChI=1S/C13H13NO/c15-8-9-5-11-7-10-3-1-2-4-12(10)14-13(11)6-9/h1-4,7,9,15H,5-6,8H2. The van der Waals surface area contributed by atoms with Crippen molar-refractivity contribution in [2.75, 3.05) is 6.61 Å². The monoisotopic (exact) mass is 199 g/mol. The first-order valence-corrected chi connectivity index (χ1v) is 5.35. The predicted octanol–water partition coefficient (Wildman–Crippen LogP) is 1.94. The Hall–Kier alpha value is -1.41. The maximum atomic E-state index is 9.15. The van der Waals surface area contributed by atoms with Crippen LogP contribution in [0.25, 0.3) is 10.9 Å². The first-order valence-electron chi connectivity index (χ1n) is 5.35. The molecule has 0 saturated heterocycles. The van der Waals surface area contributed by atoms with E-state index in [2.05, 4.69) is 17.1 Å². The second-order valence-electron chi connectivity index (χ2n) is 4.24. The van der Waals surface area contributed by atoms with Gasteiger partial charge >= 0.3 is 0 Å². The highest BCUT2D eigenvalue weighted by Crippen LogP contribution is 2.27. The third kappa shape index (κ3) is 1.41. The van der Waals surface area contributed by atoms with Gasteiger partial charge in [-0.25, -0.2) is 0 Å². The quantitative estimate of drug-likeness (QED) is 0.761. The maximum Gasteiger partial charge on any atom is 0.0705 e. The number of hydrogen-bond acceptors (Lipinski definition) is 2. The number of pyridine rings is 1. The van der Waals surface area contributed by atoms with Crippen LogP contribution in [0.5, 0.6) is 0 Å². The molecule has 0 spiro atoms. The van der Waals surface area contributed by atoms with Crippen LogP contribution in [0.2, 0.25) is 0 Å². The Morgan fingerprint density at radius 2 is 2.13 bits per heavy atom. The molecular formula is C13H13NO. The van der Waals surface area contributed by atoms with Crippen LogP contribution in [0.3, 0.4) is 0 Å². The van der Waals surface area contributed by atoms with Crippen molar-refractivity contribution in [2.24, 2.45) is 5.92 Å². The number of aliphatic hydroxyl groups is 1. The zero-order chi connectivity index (χ0) is 10.3. The molecule has 1 atom stereocenters. The van der Waals surface area contributed by atoms with E-state index in [0.29, 0.717) is 5.92 Å². The molecule has 1 N–H and O–H groups in total. The summed E-state index contributed by atoms with van der Waals surface area (Å²) in [6.07, 6.45) is 1.90. The summed E-state index contributed by atoms with van der Waals surface area (Å²) in [5.74, 6) is 0.379. The van der Waals surface area contributed by atoms with Gasteiger partial charge in [0.05, 0.1) is 5.52 Å². The zero-order valence-corrected chi connectivity index (χ0v) is 8.48. The van der Waals surface area contributed by atoms with Gasteiger partial charge in [0.1, 0.15) is 0 Å². The number of hydrogen-bond donors (Lipinski definition) is 1. The Bertz CT molecular complexity index is 462. The molecule has 1 aliphatic carbocycles. The highest BCUT2D eigenvalue weighted by atomic mass is 16.3. The maximum absolute atomic E-state index is 9.15. The highest BCUT2D eigenvalue weighted by molar-refractivity contribution is 5.79. The average molecular weight is 199 g/mol. The van der Waals surface area contributed by atoms with E-state index in [-0.39, 0.29) is 6.61 Å². The first kappa shape index (κ1) is 8.86. The minimum Gasteiger partial charge on any atom is -0.396 e. The van der Waals surface area contributed by atoms with Crippen LogP contribution in [0.4, 0.5) is 0 Å². The van der Waals surface area contributed by atoms with Crippen molar-refractivity contribution >= 4 is 10.9 Å². The van der Waals surface area contributed by atoms with Gasteiger partial charge in [0, 0.05) is 17.7 Å². The molecule has 0 fully saturated rings. The smallest absolute Gasteiger partial charge is 0.0705 e. The third-order valence-corrected chi connectivity index (χ3v) is 3.14. The summed E-state index contributed by atoms with van der Waals surface area (Å²) in [7, 11) is 0. The molecule has 0 radical (unpaired) electrons. The van der Waals surface area contributed by atoms with E-state index >= 15 is 0 Å². The van der Waals surface area contributed by atoms with Crippen LogP contribution in [-0.2, 0) is 12.8 Å². The number of benzene rings is 1. The predicted molar refractivity (Wildman–Crippen MR) is 59.7 cm³/mol. The fourth-order valence-corrected chi connectivity index (χ4v) is 2.34. The van der Waals surface area contributed by atoms with Gasteiger partial charge in [-0.1, -0.05) is 18.2 Å². The molecule has 0 saturated carbocycles. The second-order valence-corrected chi connectivity index (χ2v) is 4.24. The van der Waals surface area contributed by atoms with Crippen molar-refractivity contribution in [3.8, 4) is 0 Å². The lowest BCUT2D eigenvalue weighted by Crippen LogP contribution is -2.04. The zero-order valence-electron chi connectivity index (χ0n) is 8.48. The van der Waals surface area contributed by atoms with Crippen LogP contribution in [0.1, 0.15) is 11.3 Å². The Balaban J connectivity index is 2.14. The molecule has 15 heavy (non-hydrogen) atoms. The fourth-order valence-electron chi connectivity index (χ4n) is 2.34. The minimum absolute atomic E-state index is 0.271. The molecule has 2 aromatic rings. The van der Waals surface area contributed by atoms with Crippen molar-refractivity contribution < 1.29 is 5.11 Å². The molecule has 0 amide bonds. The van der Waals surface area contributed by atoms with Crippen molar-refractivity contribution in [2.45, 2.75) is 12.8 Å². The number of aliphatic hydroxyl groups excluding tert-OH is 1. The van der Waals surface area contributed by atoms with Gasteiger partial charge in [-0.15, -0.1) is 0 Å². The summed E-state index contributed by atoms with van der Waals surface area (Å²) in [5.41, 5.74) is 3.55. The molecule has 0 bridgehead atoms. The molecule has 2 nitrogen and oxygen atoms in total. The van der Waals surface area contributed by atoms with Crippen LogP contribution >= 0.6 is 0 Å². The van der Waals surface area contributed by atoms with Gasteiger partial charge in [0.15, 0.2) is 0 Å². The van der Waals surface area contributed by atoms with Gasteiger partial charge in [0.25, 0.3) is 0 Å². The molecule has 1 aromatic heterocycles. The van der Waals surface area contributed by atoms with E-state index in [1.807, 2.05) is 18.2 Å². The lowest BCUT2D eigenvalue weighted by Gasteiger charge is -2.01. The van der Waals surface area contributed by atoms with E-state index in [4.69, 9.17) is 5.11 Å². The number of rotatable bonds is 1. The molecule has 2 heteroatoms. The van der Waals surface area contributed by atoms with Crippen LogP contribution in [-0.4, -0.2) is 16.7 Å². The van der Waals surface area contributed by atoms with Crippen LogP contribution in [0, 0.1) is 5.92 Å². The second kappa shape index (κ2) is 3.31. The van der Waals surface area contributed by atoms with Crippen molar-refractivity contribution in [1.29, 1.82) is 0 Å². The number of aromatic nitrogens is 1. The topological polar surface area (TPSA) is 33.1 Å². The molecule has 76 valence electrons. The minimum atomic E-state index is 0.271. The highest BCUT2D eigenvalue weighted by Gasteiger charge is 2.22. The fraction of sp³-hybridized carbons (Fsp3) is 0.308. The van der Waals surface area contributed by atoms with E-state index in [0.717, 1.165) is 18.4 Å². The van der Waals surface area contributed by atoms with Gasteiger partial charge in [-0.3, -0.25) is 4.98 Å². The van der Waals surface area contributed by atoms with Gasteiger partial charge in [0.2, 0.25) is 0 Å². The molecule has 1 aromatic carbocycles. The van der Waals surface area contributed by atoms with Crippen LogP contribution in [0.15, 0.2) is 30.3 Å². The number of para-hydroxylation sites is 1. The Morgan fingerprint density at radius 3 is 3.00 bits per heavy atom. The average Bonchev–Trinajstić information content (AvgIpc) is 2.67. The summed E-state index contributed by atoms with van der Waals surface area (Å²) in [5, 5.41) is 10.4. The summed E-state index contributed by atoms with van der Waals surface area (Å²) < 4.78 is 0. The lowest BCUT2D eigenvalue weighted by atomic mass is 10.1. The largest absolute Gasteiger partial charge is 0.396 e. The lowest BCUT2D eigenvalue weighted by molar-refractivity contribution is 0.232. The third-order valence-electron chi connectivity index (χ3n) is 3.14. The van der Waals surface area contributed by atoms with E-state index in [1.165, 1.54) is 16.6 Å². The Kier molecular flexibility index (Phi) is 1.96. The molecule has 0 aliphatic heterocycles. The first-order chi connectivity index (χ1) is 7.36. The molecule has 1 aliphatic rings. The van der Waals surface area contributed by atoms with E-state index in [9.17, 15) is 0 Å². The molecule has 1 heterocycles. The van der Waals surface area contributed by atoms with Gasteiger partial charge in [-0.2, -0.15) is 0 Å². The molecule has 1 unspecified atom stereocenters. The van der Waals surface area contributed by atoms with Gasteiger partial charge < -0.3 is 5.11 Å². The van der Waals surface area contributed by atoms with E-state index in [1.54, 1.807) is 0 Å².